The number of hydrogen-bond donors (Lipinski definition) is 6. The van der Waals surface area contributed by atoms with Crippen molar-refractivity contribution in [3.05, 3.63) is 85.1 Å². The van der Waals surface area contributed by atoms with Crippen LogP contribution in [0, 0.1) is 0 Å². The van der Waals surface area contributed by atoms with Gasteiger partial charge < -0.3 is 40.3 Å². The fraction of sp³-hybridized carbons (Fsp3) is 0.779. The maximum absolute atomic E-state index is 13.1. The van der Waals surface area contributed by atoms with Crippen molar-refractivity contribution in [2.24, 2.45) is 0 Å². The average Bonchev–Trinajstić information content (AvgIpc) is 3.43. The molecule has 1 aliphatic heterocycles. The Bertz CT molecular complexity index is 1490. The average molecular weight is 1080 g/mol. The molecule has 7 atom stereocenters. The first-order valence-corrected chi connectivity index (χ1v) is 32.3. The Labute approximate surface area is 473 Å². The maximum Gasteiger partial charge on any atom is 0.220 e. The van der Waals surface area contributed by atoms with Gasteiger partial charge in [0.15, 0.2) is 6.29 Å². The summed E-state index contributed by atoms with van der Waals surface area (Å²) >= 11 is 0. The maximum atomic E-state index is 13.1. The molecule has 0 aliphatic carbocycles. The van der Waals surface area contributed by atoms with E-state index < -0.39 is 49.5 Å². The van der Waals surface area contributed by atoms with Crippen LogP contribution >= 0.6 is 0 Å². The summed E-state index contributed by atoms with van der Waals surface area (Å²) in [6.45, 7) is 3.69. The number of aliphatic hydroxyl groups excluding tert-OH is 5. The molecule has 1 rings (SSSR count). The summed E-state index contributed by atoms with van der Waals surface area (Å²) in [6, 6.07) is -0.810. The van der Waals surface area contributed by atoms with Crippen LogP contribution in [0.5, 0.6) is 0 Å². The van der Waals surface area contributed by atoms with Gasteiger partial charge in [0, 0.05) is 6.42 Å². The zero-order chi connectivity index (χ0) is 55.8. The van der Waals surface area contributed by atoms with Crippen molar-refractivity contribution in [2.45, 2.75) is 326 Å². The second kappa shape index (κ2) is 56.6. The number of unbranched alkanes of at least 4 members (excludes halogenated alkanes) is 33. The summed E-state index contributed by atoms with van der Waals surface area (Å²) < 4.78 is 11.3. The summed E-state index contributed by atoms with van der Waals surface area (Å²) in [5, 5.41) is 54.7. The molecule has 77 heavy (non-hydrogen) atoms. The van der Waals surface area contributed by atoms with E-state index >= 15 is 0 Å². The highest BCUT2D eigenvalue weighted by molar-refractivity contribution is 5.76. The van der Waals surface area contributed by atoms with Crippen molar-refractivity contribution in [1.82, 2.24) is 5.32 Å². The molecular formula is C68H121NO8. The number of amides is 1. The van der Waals surface area contributed by atoms with Gasteiger partial charge in [-0.2, -0.15) is 0 Å². The first-order chi connectivity index (χ1) is 37.8. The van der Waals surface area contributed by atoms with E-state index in [-0.39, 0.29) is 12.5 Å². The van der Waals surface area contributed by atoms with Gasteiger partial charge >= 0.3 is 0 Å². The Morgan fingerprint density at radius 3 is 1.19 bits per heavy atom. The lowest BCUT2D eigenvalue weighted by Crippen LogP contribution is -2.60. The molecule has 7 unspecified atom stereocenters. The number of carbonyl (C=O) groups is 1. The summed E-state index contributed by atoms with van der Waals surface area (Å²) in [5.41, 5.74) is 0. The molecule has 0 spiro atoms. The number of nitrogens with one attached hydrogen (secondary N) is 1. The van der Waals surface area contributed by atoms with Gasteiger partial charge in [-0.15, -0.1) is 0 Å². The molecule has 1 amide bonds. The molecule has 0 aromatic heterocycles. The quantitative estimate of drug-likeness (QED) is 0.0261. The van der Waals surface area contributed by atoms with Crippen LogP contribution in [0.1, 0.15) is 284 Å². The Hall–Kier alpha value is -2.63. The molecule has 0 aromatic rings. The molecule has 446 valence electrons. The number of carbonyl (C=O) groups excluding carboxylic acids is 1. The third-order valence-electron chi connectivity index (χ3n) is 15.0. The topological polar surface area (TPSA) is 149 Å². The van der Waals surface area contributed by atoms with Crippen LogP contribution in [0.25, 0.3) is 0 Å². The monoisotopic (exact) mass is 1080 g/mol. The fourth-order valence-electron chi connectivity index (χ4n) is 9.93. The molecule has 1 aliphatic rings. The molecule has 1 heterocycles. The lowest BCUT2D eigenvalue weighted by atomic mass is 9.99. The Kier molecular flexibility index (Phi) is 53.2. The highest BCUT2D eigenvalue weighted by Gasteiger charge is 2.44. The fourth-order valence-corrected chi connectivity index (χ4v) is 9.93. The second-order valence-electron chi connectivity index (χ2n) is 22.2. The highest BCUT2D eigenvalue weighted by Crippen LogP contribution is 2.23. The van der Waals surface area contributed by atoms with Crippen molar-refractivity contribution < 1.29 is 39.8 Å². The van der Waals surface area contributed by atoms with Gasteiger partial charge in [-0.3, -0.25) is 4.79 Å². The standard InChI is InChI=1S/C68H121NO8/c1-3-5-7-9-11-13-15-17-19-21-23-25-26-27-28-29-30-31-32-33-34-35-36-38-40-42-44-46-48-50-52-54-56-58-64(72)69-61(60-76-68-67(75)66(74)65(73)63(59-70)77-68)62(71)57-55-53-51-49-47-45-43-41-39-37-24-22-20-18-16-14-12-10-8-6-4-2/h5,7,11,13,17,19,23,25,27-28,30-31,55,57,61-63,65-68,70-71,73-75H,3-4,6,8-10,12,14-16,18,20-22,24,26,29,32-54,56,58-60H2,1-2H3,(H,69,72)/b7-5-,13-11-,19-17-,25-23-,28-27-,31-30-,57-55+. The highest BCUT2D eigenvalue weighted by atomic mass is 16.7. The molecule has 1 saturated heterocycles. The van der Waals surface area contributed by atoms with Gasteiger partial charge in [0.1, 0.15) is 24.4 Å². The smallest absolute Gasteiger partial charge is 0.220 e. The van der Waals surface area contributed by atoms with Gasteiger partial charge in [-0.1, -0.05) is 292 Å². The van der Waals surface area contributed by atoms with Crippen LogP contribution < -0.4 is 5.32 Å². The molecule has 9 heteroatoms. The Morgan fingerprint density at radius 1 is 0.455 bits per heavy atom. The summed E-state index contributed by atoms with van der Waals surface area (Å²) in [6.07, 6.45) is 73.7. The van der Waals surface area contributed by atoms with E-state index in [1.807, 2.05) is 6.08 Å². The van der Waals surface area contributed by atoms with Crippen LogP contribution in [0.4, 0.5) is 0 Å². The SMILES string of the molecule is CC/C=C\C/C=C\C/C=C\C/C=C\C/C=C\C/C=C\CCCCCCCCCCCCCCCCC(=O)NC(COC1OC(CO)C(O)C(O)C1O)C(O)/C=C/CCCCCCCCCCCCCCCCCCCCC. The predicted octanol–water partition coefficient (Wildman–Crippen LogP) is 17.0. The van der Waals surface area contributed by atoms with Crippen LogP contribution in [0.2, 0.25) is 0 Å². The third-order valence-corrected chi connectivity index (χ3v) is 15.0. The lowest BCUT2D eigenvalue weighted by molar-refractivity contribution is -0.302. The van der Waals surface area contributed by atoms with Gasteiger partial charge in [0.25, 0.3) is 0 Å². The van der Waals surface area contributed by atoms with Crippen LogP contribution in [0.15, 0.2) is 85.1 Å². The van der Waals surface area contributed by atoms with E-state index in [1.54, 1.807) is 6.08 Å². The normalized spacial score (nSPS) is 19.3. The summed E-state index contributed by atoms with van der Waals surface area (Å²) in [5.74, 6) is -0.177. The van der Waals surface area contributed by atoms with Gasteiger partial charge in [-0.25, -0.2) is 0 Å². The zero-order valence-electron chi connectivity index (χ0n) is 49.7. The summed E-state index contributed by atoms with van der Waals surface area (Å²) in [7, 11) is 0. The van der Waals surface area contributed by atoms with Gasteiger partial charge in [-0.05, 0) is 70.6 Å². The number of allylic oxidation sites excluding steroid dienone is 13. The summed E-state index contributed by atoms with van der Waals surface area (Å²) in [4.78, 5) is 13.1. The van der Waals surface area contributed by atoms with Crippen molar-refractivity contribution in [3.8, 4) is 0 Å². The van der Waals surface area contributed by atoms with Crippen LogP contribution in [-0.2, 0) is 14.3 Å². The molecule has 0 bridgehead atoms. The van der Waals surface area contributed by atoms with Crippen LogP contribution in [-0.4, -0.2) is 87.5 Å². The molecule has 6 N–H and O–H groups in total. The minimum absolute atomic E-state index is 0.177. The van der Waals surface area contributed by atoms with E-state index in [0.29, 0.717) is 6.42 Å². The lowest BCUT2D eigenvalue weighted by Gasteiger charge is -2.40. The molecule has 0 saturated carbocycles. The molecule has 0 radical (unpaired) electrons. The molecule has 1 fully saturated rings. The van der Waals surface area contributed by atoms with E-state index in [1.165, 1.54) is 186 Å². The number of hydrogen-bond acceptors (Lipinski definition) is 8. The van der Waals surface area contributed by atoms with Gasteiger partial charge in [0.2, 0.25) is 5.91 Å². The minimum atomic E-state index is -1.57. The molecule has 9 nitrogen and oxygen atoms in total. The molecule has 0 aromatic carbocycles. The molecular weight excluding hydrogens is 959 g/mol. The van der Waals surface area contributed by atoms with Crippen molar-refractivity contribution in [1.29, 1.82) is 0 Å². The van der Waals surface area contributed by atoms with Gasteiger partial charge in [0.05, 0.1) is 25.4 Å². The van der Waals surface area contributed by atoms with E-state index in [9.17, 15) is 30.3 Å². The van der Waals surface area contributed by atoms with E-state index in [0.717, 1.165) is 77.0 Å². The third kappa shape index (κ3) is 45.8. The minimum Gasteiger partial charge on any atom is -0.394 e. The first kappa shape index (κ1) is 72.4. The van der Waals surface area contributed by atoms with Crippen molar-refractivity contribution in [3.63, 3.8) is 0 Å². The number of ether oxygens (including phenoxy) is 2. The number of aliphatic hydroxyl groups is 5. The van der Waals surface area contributed by atoms with Crippen LogP contribution in [0.3, 0.4) is 0 Å². The van der Waals surface area contributed by atoms with Crippen molar-refractivity contribution in [2.75, 3.05) is 13.2 Å². The largest absolute Gasteiger partial charge is 0.394 e. The Balaban J connectivity index is 2.16. The van der Waals surface area contributed by atoms with E-state index in [4.69, 9.17) is 9.47 Å². The predicted molar refractivity (Wildman–Crippen MR) is 327 cm³/mol. The van der Waals surface area contributed by atoms with E-state index in [2.05, 4.69) is 92.1 Å². The van der Waals surface area contributed by atoms with Crippen molar-refractivity contribution >= 4 is 5.91 Å². The first-order valence-electron chi connectivity index (χ1n) is 32.3. The Morgan fingerprint density at radius 2 is 0.805 bits per heavy atom. The number of rotatable bonds is 55. The second-order valence-corrected chi connectivity index (χ2v) is 22.2. The zero-order valence-corrected chi connectivity index (χ0v) is 49.7.